The largest absolute Gasteiger partial charge is 0.490 e. The van der Waals surface area contributed by atoms with Gasteiger partial charge in [-0.15, -0.1) is 0 Å². The molecule has 0 unspecified atom stereocenters. The molecule has 0 amide bonds. The minimum Gasteiger partial charge on any atom is -0.490 e. The molecule has 2 N–H and O–H groups in total. The number of ether oxygens (including phenoxy) is 1. The molecule has 6 nitrogen and oxygen atoms in total. The zero-order chi connectivity index (χ0) is 20.5. The summed E-state index contributed by atoms with van der Waals surface area (Å²) in [5.74, 6) is -1.01. The van der Waals surface area contributed by atoms with Gasteiger partial charge in [0.25, 0.3) is 0 Å². The fourth-order valence-corrected chi connectivity index (χ4v) is 4.14. The molecule has 3 aliphatic rings. The average molecular weight is 401 g/mol. The van der Waals surface area contributed by atoms with Gasteiger partial charge in [-0.1, -0.05) is 0 Å². The molecule has 2 saturated carbocycles. The second-order valence-corrected chi connectivity index (χ2v) is 9.06. The molecule has 1 aromatic carbocycles. The summed E-state index contributed by atoms with van der Waals surface area (Å²) >= 11 is 0. The lowest BCUT2D eigenvalue weighted by Crippen LogP contribution is -2.50. The molecular weight excluding hydrogens is 373 g/mol. The lowest BCUT2D eigenvalue weighted by molar-refractivity contribution is -0.144. The number of likely N-dealkylation sites (tertiary alicyclic amines) is 1. The fraction of sp³-hybridized carbons (Fsp3) is 0.636. The number of carbonyl (C=O) groups is 1. The maximum atomic E-state index is 14.2. The van der Waals surface area contributed by atoms with Gasteiger partial charge in [-0.25, -0.2) is 4.39 Å². The van der Waals surface area contributed by atoms with Crippen LogP contribution in [0.5, 0.6) is 5.75 Å². The van der Waals surface area contributed by atoms with E-state index < -0.39 is 17.2 Å². The quantitative estimate of drug-likeness (QED) is 0.662. The summed E-state index contributed by atoms with van der Waals surface area (Å²) in [7, 11) is 0. The van der Waals surface area contributed by atoms with Crippen molar-refractivity contribution in [2.45, 2.75) is 44.6 Å². The zero-order valence-electron chi connectivity index (χ0n) is 16.6. The van der Waals surface area contributed by atoms with Gasteiger partial charge in [-0.05, 0) is 69.8 Å². The topological polar surface area (TPSA) is 85.6 Å². The Morgan fingerprint density at radius 1 is 1.31 bits per heavy atom. The fourth-order valence-electron chi connectivity index (χ4n) is 4.14. The maximum Gasteiger partial charge on any atom is 0.310 e. The summed E-state index contributed by atoms with van der Waals surface area (Å²) in [5, 5.41) is 21.9. The number of carboxylic acid groups (broad SMARTS) is 1. The van der Waals surface area contributed by atoms with Crippen LogP contribution in [0.1, 0.15) is 44.1 Å². The van der Waals surface area contributed by atoms with Crippen LogP contribution in [0, 0.1) is 28.0 Å². The summed E-state index contributed by atoms with van der Waals surface area (Å²) < 4.78 is 20.1. The third-order valence-corrected chi connectivity index (χ3v) is 6.69. The van der Waals surface area contributed by atoms with E-state index >= 15 is 0 Å². The Kier molecular flexibility index (Phi) is 5.50. The Labute approximate surface area is 170 Å². The Morgan fingerprint density at radius 3 is 2.59 bits per heavy atom. The van der Waals surface area contributed by atoms with Crippen molar-refractivity contribution in [1.29, 1.82) is 5.26 Å². The Bertz CT molecular complexity index is 806. The molecule has 156 valence electrons. The van der Waals surface area contributed by atoms with E-state index in [1.165, 1.54) is 25.0 Å². The van der Waals surface area contributed by atoms with Crippen molar-refractivity contribution < 1.29 is 19.0 Å². The number of halogens is 1. The van der Waals surface area contributed by atoms with Crippen LogP contribution >= 0.6 is 0 Å². The van der Waals surface area contributed by atoms with Crippen LogP contribution in [0.3, 0.4) is 0 Å². The Balaban J connectivity index is 1.37. The van der Waals surface area contributed by atoms with E-state index in [2.05, 4.69) is 10.2 Å². The van der Waals surface area contributed by atoms with Crippen LogP contribution in [0.25, 0.3) is 0 Å². The van der Waals surface area contributed by atoms with Crippen molar-refractivity contribution in [3.63, 3.8) is 0 Å². The van der Waals surface area contributed by atoms with Crippen molar-refractivity contribution in [2.24, 2.45) is 10.8 Å². The van der Waals surface area contributed by atoms with Gasteiger partial charge in [0.05, 0.1) is 23.7 Å². The van der Waals surface area contributed by atoms with Gasteiger partial charge >= 0.3 is 5.97 Å². The van der Waals surface area contributed by atoms with Gasteiger partial charge < -0.3 is 20.1 Å². The molecule has 29 heavy (non-hydrogen) atoms. The van der Waals surface area contributed by atoms with Gasteiger partial charge in [-0.2, -0.15) is 5.26 Å². The normalized spacial score (nSPS) is 22.6. The summed E-state index contributed by atoms with van der Waals surface area (Å²) in [6, 6.07) is 6.80. The van der Waals surface area contributed by atoms with Gasteiger partial charge in [0.15, 0.2) is 11.6 Å². The number of nitriles is 1. The van der Waals surface area contributed by atoms with Crippen LogP contribution in [0.15, 0.2) is 18.2 Å². The second kappa shape index (κ2) is 7.92. The van der Waals surface area contributed by atoms with Gasteiger partial charge in [0, 0.05) is 24.5 Å². The van der Waals surface area contributed by atoms with Gasteiger partial charge in [-0.3, -0.25) is 4.79 Å². The average Bonchev–Trinajstić information content (AvgIpc) is 3.63. The van der Waals surface area contributed by atoms with E-state index in [9.17, 15) is 14.3 Å². The smallest absolute Gasteiger partial charge is 0.310 e. The van der Waals surface area contributed by atoms with Crippen LogP contribution in [-0.4, -0.2) is 54.8 Å². The molecule has 4 rings (SSSR count). The SMILES string of the molecule is N#Cc1ccc(OCC2(CNC3CC3)CCN(CC3(C(=O)O)CC3)CC2)c(F)c1. The van der Waals surface area contributed by atoms with E-state index in [-0.39, 0.29) is 16.7 Å². The van der Waals surface area contributed by atoms with E-state index in [1.54, 1.807) is 6.07 Å². The summed E-state index contributed by atoms with van der Waals surface area (Å²) in [6.07, 6.45) is 5.73. The third kappa shape index (κ3) is 4.71. The molecule has 1 aromatic rings. The van der Waals surface area contributed by atoms with Crippen molar-refractivity contribution in [1.82, 2.24) is 10.2 Å². The molecule has 0 spiro atoms. The van der Waals surface area contributed by atoms with Crippen LogP contribution < -0.4 is 10.1 Å². The summed E-state index contributed by atoms with van der Waals surface area (Å²) in [6.45, 7) is 3.53. The molecule has 7 heteroatoms. The number of nitrogens with one attached hydrogen (secondary N) is 1. The Morgan fingerprint density at radius 2 is 2.03 bits per heavy atom. The molecule has 0 bridgehead atoms. The maximum absolute atomic E-state index is 14.2. The van der Waals surface area contributed by atoms with Crippen LogP contribution in [0.4, 0.5) is 4.39 Å². The number of rotatable bonds is 9. The number of piperidine rings is 1. The molecular formula is C22H28FN3O3. The molecule has 1 aliphatic heterocycles. The minimum atomic E-state index is -0.677. The van der Waals surface area contributed by atoms with E-state index in [0.717, 1.165) is 45.3 Å². The first-order valence-electron chi connectivity index (χ1n) is 10.5. The number of hydrogen-bond donors (Lipinski definition) is 2. The summed E-state index contributed by atoms with van der Waals surface area (Å²) in [5.41, 5.74) is -0.353. The van der Waals surface area contributed by atoms with Crippen LogP contribution in [-0.2, 0) is 4.79 Å². The number of nitrogens with zero attached hydrogens (tertiary/aromatic N) is 2. The first-order chi connectivity index (χ1) is 13.9. The lowest BCUT2D eigenvalue weighted by Gasteiger charge is -2.42. The minimum absolute atomic E-state index is 0.0978. The highest BCUT2D eigenvalue weighted by molar-refractivity contribution is 5.78. The van der Waals surface area contributed by atoms with E-state index in [0.29, 0.717) is 19.2 Å². The van der Waals surface area contributed by atoms with Gasteiger partial charge in [0.1, 0.15) is 0 Å². The highest BCUT2D eigenvalue weighted by Crippen LogP contribution is 2.47. The molecule has 0 aromatic heterocycles. The van der Waals surface area contributed by atoms with Crippen molar-refractivity contribution >= 4 is 5.97 Å². The monoisotopic (exact) mass is 401 g/mol. The van der Waals surface area contributed by atoms with Crippen molar-refractivity contribution in [3.8, 4) is 11.8 Å². The zero-order valence-corrected chi connectivity index (χ0v) is 16.6. The molecule has 0 radical (unpaired) electrons. The predicted octanol–water partition coefficient (Wildman–Crippen LogP) is 2.78. The van der Waals surface area contributed by atoms with Gasteiger partial charge in [0.2, 0.25) is 0 Å². The Hall–Kier alpha value is -2.17. The third-order valence-electron chi connectivity index (χ3n) is 6.69. The number of benzene rings is 1. The van der Waals surface area contributed by atoms with E-state index in [1.807, 2.05) is 6.07 Å². The van der Waals surface area contributed by atoms with E-state index in [4.69, 9.17) is 10.00 Å². The molecule has 2 aliphatic carbocycles. The number of aliphatic carboxylic acids is 1. The highest BCUT2D eigenvalue weighted by atomic mass is 19.1. The number of hydrogen-bond acceptors (Lipinski definition) is 5. The first kappa shape index (κ1) is 20.1. The molecule has 1 heterocycles. The first-order valence-corrected chi connectivity index (χ1v) is 10.5. The highest BCUT2D eigenvalue weighted by Gasteiger charge is 2.52. The summed E-state index contributed by atoms with van der Waals surface area (Å²) in [4.78, 5) is 13.8. The molecule has 0 atom stereocenters. The van der Waals surface area contributed by atoms with Crippen LogP contribution in [0.2, 0.25) is 0 Å². The lowest BCUT2D eigenvalue weighted by atomic mass is 9.78. The predicted molar refractivity (Wildman–Crippen MR) is 105 cm³/mol. The molecule has 1 saturated heterocycles. The molecule has 3 fully saturated rings. The van der Waals surface area contributed by atoms with Crippen molar-refractivity contribution in [3.05, 3.63) is 29.6 Å². The standard InChI is InChI=1S/C22H28FN3O3/c23-18-11-16(12-24)1-4-19(18)29-15-21(13-25-17-2-3-17)7-9-26(10-8-21)14-22(5-6-22)20(27)28/h1,4,11,17,25H,2-3,5-10,13-15H2,(H,27,28). The van der Waals surface area contributed by atoms with Crippen molar-refractivity contribution in [2.75, 3.05) is 32.8 Å². The number of carboxylic acids is 1. The second-order valence-electron chi connectivity index (χ2n) is 9.06.